The van der Waals surface area contributed by atoms with Crippen LogP contribution in [0.1, 0.15) is 47.1 Å². The van der Waals surface area contributed by atoms with E-state index in [-0.39, 0.29) is 49.0 Å². The van der Waals surface area contributed by atoms with Crippen molar-refractivity contribution in [3.8, 4) is 0 Å². The molecule has 2 aromatic rings. The van der Waals surface area contributed by atoms with Crippen LogP contribution in [0.25, 0.3) is 0 Å². The summed E-state index contributed by atoms with van der Waals surface area (Å²) in [6, 6.07) is 19.0. The summed E-state index contributed by atoms with van der Waals surface area (Å²) in [5.74, 6) is 0. The van der Waals surface area contributed by atoms with Gasteiger partial charge in [-0.2, -0.15) is 11.1 Å². The second-order valence-corrected chi connectivity index (χ2v) is 20.8. The van der Waals surface area contributed by atoms with Gasteiger partial charge in [0.05, 0.1) is 8.07 Å². The molecule has 3 heteroatoms. The standard InChI is InChI=1S/C28H39Si2.3CH3.Ti/c1-20(2)30(25-14-12-11-13-15-25,28(7)19-22(4)23(5)24(28)6)27-17-21(3)16-26(18-27)29(8,9)10;;;;/h11-18,20H,1-10H3;3*1H3;/q4*-1;+4. The molecule has 0 radical (unpaired) electrons. The van der Waals surface area contributed by atoms with Gasteiger partial charge in [0, 0.05) is 0 Å². The third-order valence-electron chi connectivity index (χ3n) is 7.60. The van der Waals surface area contributed by atoms with Gasteiger partial charge in [0.15, 0.2) is 0 Å². The Hall–Kier alpha value is -0.932. The van der Waals surface area contributed by atoms with E-state index in [9.17, 15) is 0 Å². The van der Waals surface area contributed by atoms with Crippen molar-refractivity contribution in [3.63, 3.8) is 0 Å². The fourth-order valence-electron chi connectivity index (χ4n) is 5.75. The van der Waals surface area contributed by atoms with Crippen molar-refractivity contribution < 1.29 is 21.7 Å². The zero-order chi connectivity index (χ0) is 22.5. The summed E-state index contributed by atoms with van der Waals surface area (Å²) in [4.78, 5) is 0. The summed E-state index contributed by atoms with van der Waals surface area (Å²) in [6.07, 6.45) is 4.04. The smallest absolute Gasteiger partial charge is 0.358 e. The Morgan fingerprint density at radius 1 is 0.765 bits per heavy atom. The van der Waals surface area contributed by atoms with Crippen LogP contribution < -0.4 is 15.6 Å². The molecule has 0 N–H and O–H groups in total. The first-order chi connectivity index (χ1) is 13.9. The number of rotatable bonds is 5. The van der Waals surface area contributed by atoms with Gasteiger partial charge in [-0.1, -0.05) is 129 Å². The van der Waals surface area contributed by atoms with Crippen LogP contribution >= 0.6 is 0 Å². The van der Waals surface area contributed by atoms with E-state index in [1.54, 1.807) is 10.4 Å². The summed E-state index contributed by atoms with van der Waals surface area (Å²) in [5.41, 5.74) is 6.23. The molecule has 2 aromatic carbocycles. The Labute approximate surface area is 230 Å². The maximum absolute atomic E-state index is 4.04. The SMILES string of the molecule is CC1=[C-]C(C)([Si](c2ccccc2)(c2cc(C)cc([Si](C)(C)C)c2)C(C)C)C(C)=C1C.[CH3-].[CH3-].[CH3-].[Ti+4]. The summed E-state index contributed by atoms with van der Waals surface area (Å²) in [6.45, 7) is 24.0. The number of hydrogen-bond acceptors (Lipinski definition) is 0. The van der Waals surface area contributed by atoms with Crippen LogP contribution in [0.4, 0.5) is 0 Å². The Bertz CT molecular complexity index is 1010. The quantitative estimate of drug-likeness (QED) is 0.277. The molecule has 0 heterocycles. The van der Waals surface area contributed by atoms with Crippen molar-refractivity contribution in [2.24, 2.45) is 0 Å². The average Bonchev–Trinajstić information content (AvgIpc) is 2.85. The van der Waals surface area contributed by atoms with E-state index in [1.165, 1.54) is 27.5 Å². The van der Waals surface area contributed by atoms with Crippen LogP contribution in [0.5, 0.6) is 0 Å². The minimum absolute atomic E-state index is 0. The molecule has 0 spiro atoms. The summed E-state index contributed by atoms with van der Waals surface area (Å²) in [5, 5.41) is 4.63. The van der Waals surface area contributed by atoms with Gasteiger partial charge in [-0.3, -0.25) is 6.08 Å². The minimum Gasteiger partial charge on any atom is -0.358 e. The molecule has 0 nitrogen and oxygen atoms in total. The molecule has 184 valence electrons. The molecule has 1 aliphatic carbocycles. The molecular weight excluding hydrogens is 476 g/mol. The van der Waals surface area contributed by atoms with E-state index < -0.39 is 16.1 Å². The van der Waals surface area contributed by atoms with Gasteiger partial charge < -0.3 is 22.3 Å². The zero-order valence-corrected chi connectivity index (χ0v) is 27.8. The summed E-state index contributed by atoms with van der Waals surface area (Å²) in [7, 11) is -3.71. The van der Waals surface area contributed by atoms with Gasteiger partial charge >= 0.3 is 21.7 Å². The number of hydrogen-bond donors (Lipinski definition) is 0. The fraction of sp³-hybridized carbons (Fsp3) is 0.387. The molecule has 0 saturated carbocycles. The van der Waals surface area contributed by atoms with Gasteiger partial charge in [0.25, 0.3) is 0 Å². The van der Waals surface area contributed by atoms with E-state index in [2.05, 4.69) is 123 Å². The van der Waals surface area contributed by atoms with Crippen molar-refractivity contribution in [2.45, 2.75) is 78.7 Å². The molecule has 0 aromatic heterocycles. The van der Waals surface area contributed by atoms with Gasteiger partial charge in [-0.25, -0.2) is 5.57 Å². The van der Waals surface area contributed by atoms with Crippen LogP contribution in [0, 0.1) is 35.3 Å². The molecule has 3 rings (SSSR count). The topological polar surface area (TPSA) is 0 Å². The molecule has 0 amide bonds. The van der Waals surface area contributed by atoms with Crippen LogP contribution in [-0.4, -0.2) is 16.1 Å². The Morgan fingerprint density at radius 2 is 1.26 bits per heavy atom. The molecule has 34 heavy (non-hydrogen) atoms. The number of allylic oxidation sites excluding steroid dienone is 4. The Kier molecular flexibility index (Phi) is 12.8. The van der Waals surface area contributed by atoms with Crippen molar-refractivity contribution in [1.29, 1.82) is 0 Å². The molecule has 2 atom stereocenters. The number of benzene rings is 2. The van der Waals surface area contributed by atoms with Crippen LogP contribution in [-0.2, 0) is 21.7 Å². The van der Waals surface area contributed by atoms with Gasteiger partial charge in [0.2, 0.25) is 0 Å². The van der Waals surface area contributed by atoms with E-state index in [0.717, 1.165) is 0 Å². The molecule has 0 bridgehead atoms. The maximum atomic E-state index is 4.04. The molecule has 0 saturated heterocycles. The average molecular weight is 525 g/mol. The van der Waals surface area contributed by atoms with Crippen LogP contribution in [0.2, 0.25) is 30.2 Å². The predicted molar refractivity (Wildman–Crippen MR) is 159 cm³/mol. The van der Waals surface area contributed by atoms with Gasteiger partial charge in [-0.05, 0) is 12.5 Å². The van der Waals surface area contributed by atoms with Crippen molar-refractivity contribution in [1.82, 2.24) is 0 Å². The normalized spacial score (nSPS) is 19.2. The predicted octanol–water partition coefficient (Wildman–Crippen LogP) is 7.72. The fourth-order valence-corrected chi connectivity index (χ4v) is 13.8. The molecular formula is C31H48Si2Ti. The minimum atomic E-state index is -2.27. The van der Waals surface area contributed by atoms with Gasteiger partial charge in [0.1, 0.15) is 8.07 Å². The summed E-state index contributed by atoms with van der Waals surface area (Å²) < 4.78 is 0. The molecule has 0 fully saturated rings. The second-order valence-electron chi connectivity index (χ2n) is 10.8. The Balaban J connectivity index is 0. The third kappa shape index (κ3) is 5.56. The largest absolute Gasteiger partial charge is 4.00 e. The second kappa shape index (κ2) is 12.3. The van der Waals surface area contributed by atoms with E-state index in [0.29, 0.717) is 5.54 Å². The van der Waals surface area contributed by atoms with Crippen LogP contribution in [0.15, 0.2) is 65.3 Å². The maximum Gasteiger partial charge on any atom is 4.00 e. The van der Waals surface area contributed by atoms with Crippen molar-refractivity contribution in [2.75, 3.05) is 0 Å². The first kappa shape index (κ1) is 35.2. The Morgan fingerprint density at radius 3 is 1.68 bits per heavy atom. The zero-order valence-electron chi connectivity index (χ0n) is 24.2. The van der Waals surface area contributed by atoms with Gasteiger partial charge in [-0.15, -0.1) is 6.92 Å². The first-order valence-corrected chi connectivity index (χ1v) is 16.9. The van der Waals surface area contributed by atoms with E-state index in [4.69, 9.17) is 0 Å². The first-order valence-electron chi connectivity index (χ1n) is 11.3. The third-order valence-corrected chi connectivity index (χ3v) is 15.9. The summed E-state index contributed by atoms with van der Waals surface area (Å²) >= 11 is 0. The molecule has 2 unspecified atom stereocenters. The van der Waals surface area contributed by atoms with Crippen LogP contribution in [0.3, 0.4) is 0 Å². The van der Waals surface area contributed by atoms with E-state index in [1.807, 2.05) is 0 Å². The molecule has 1 aliphatic rings. The number of aryl methyl sites for hydroxylation is 1. The van der Waals surface area contributed by atoms with Crippen molar-refractivity contribution >= 4 is 31.7 Å². The van der Waals surface area contributed by atoms with E-state index >= 15 is 0 Å². The molecule has 0 aliphatic heterocycles. The monoisotopic (exact) mass is 524 g/mol. The van der Waals surface area contributed by atoms with Crippen molar-refractivity contribution in [3.05, 3.63) is 99.2 Å².